The van der Waals surface area contributed by atoms with Gasteiger partial charge in [0.05, 0.1) is 19.5 Å². The number of aromatic nitrogens is 1. The van der Waals surface area contributed by atoms with E-state index in [1.165, 1.54) is 6.92 Å². The van der Waals surface area contributed by atoms with Crippen molar-refractivity contribution < 1.29 is 48.3 Å². The molecular weight excluding hydrogens is 863 g/mol. The molecule has 1 aromatic heterocycles. The summed E-state index contributed by atoms with van der Waals surface area (Å²) in [7, 11) is 0. The minimum absolute atomic E-state index is 0.0224. The number of amides is 9. The van der Waals surface area contributed by atoms with Gasteiger partial charge < -0.3 is 47.3 Å². The number of fused-ring (bicyclic) bond motifs is 1. The topological polar surface area (TPSA) is 277 Å². The monoisotopic (exact) mass is 921 g/mol. The lowest BCUT2D eigenvalue weighted by Gasteiger charge is -2.31. The Balaban J connectivity index is 1.49. The summed E-state index contributed by atoms with van der Waals surface area (Å²) >= 11 is 0. The molecule has 0 aliphatic carbocycles. The Kier molecular flexibility index (Phi) is 19.0. The zero-order valence-corrected chi connectivity index (χ0v) is 37.6. The lowest BCUT2D eigenvalue weighted by molar-refractivity contribution is -0.142. The van der Waals surface area contributed by atoms with Gasteiger partial charge in [0.2, 0.25) is 35.4 Å². The summed E-state index contributed by atoms with van der Waals surface area (Å²) in [6.45, 7) is 1.73. The molecule has 1 saturated heterocycles. The molecule has 0 saturated carbocycles. The number of benzene rings is 3. The average Bonchev–Trinajstić information content (AvgIpc) is 3.72. The zero-order chi connectivity index (χ0) is 48.3. The van der Waals surface area contributed by atoms with E-state index in [0.29, 0.717) is 24.0 Å². The Morgan fingerprint density at radius 2 is 1.45 bits per heavy atom. The number of nitrogens with zero attached hydrogens (tertiary/aromatic N) is 1. The molecule has 67 heavy (non-hydrogen) atoms. The van der Waals surface area contributed by atoms with E-state index in [4.69, 9.17) is 0 Å². The van der Waals surface area contributed by atoms with E-state index < -0.39 is 97.0 Å². The third-order valence-corrected chi connectivity index (χ3v) is 11.3. The van der Waals surface area contributed by atoms with Crippen LogP contribution in [0.1, 0.15) is 62.6 Å². The second-order valence-electron chi connectivity index (χ2n) is 16.5. The number of hydrogen-bond donors (Lipinski definition) is 9. The standard InChI is InChI=1S/C48H59N9O10/c1-3-31(22-32-14-6-4-7-15-32)29-57-46(64)40(54-42(60)27-50-30(2)58)25-41(59)49-21-13-12-20-37(47(65)66)55-45(63)39(24-34-26-51-36-19-11-10-18-35(34)36)53-43(61)28-52-44(62)38(56-48(57)67)23-33-16-8-5-9-17-33/h4-11,14-19,26,31,37-40,51H,3,12-13,20-25,27-29H2,1-2H3,(H,49,59)(H,50,58)(H,52,62)(H,53,61)(H,54,60)(H,55,63)(H,56,67)(H,65,66)/t31?,37?,38?,39-,40?/m0/s1. The summed E-state index contributed by atoms with van der Waals surface area (Å²) in [5.41, 5.74) is 2.99. The number of imide groups is 1. The van der Waals surface area contributed by atoms with Gasteiger partial charge in [-0.1, -0.05) is 92.2 Å². The maximum absolute atomic E-state index is 14.7. The molecule has 3 aromatic carbocycles. The van der Waals surface area contributed by atoms with Crippen molar-refractivity contribution >= 4 is 64.3 Å². The van der Waals surface area contributed by atoms with Crippen molar-refractivity contribution in [2.45, 2.75) is 89.4 Å². The first kappa shape index (κ1) is 50.4. The highest BCUT2D eigenvalue weighted by Crippen LogP contribution is 2.20. The molecule has 1 aliphatic rings. The summed E-state index contributed by atoms with van der Waals surface area (Å²) in [4.78, 5) is 126. The van der Waals surface area contributed by atoms with Gasteiger partial charge in [-0.3, -0.25) is 38.5 Å². The molecule has 9 N–H and O–H groups in total. The Bertz CT molecular complexity index is 2370. The maximum atomic E-state index is 14.7. The molecule has 0 bridgehead atoms. The number of urea groups is 1. The van der Waals surface area contributed by atoms with Crippen molar-refractivity contribution in [3.8, 4) is 0 Å². The van der Waals surface area contributed by atoms with E-state index in [0.717, 1.165) is 21.4 Å². The molecule has 19 heteroatoms. The number of nitrogens with one attached hydrogen (secondary N) is 8. The van der Waals surface area contributed by atoms with Gasteiger partial charge in [0, 0.05) is 50.0 Å². The fraction of sp³-hybridized carbons (Fsp3) is 0.396. The minimum Gasteiger partial charge on any atom is -0.480 e. The predicted molar refractivity (Wildman–Crippen MR) is 247 cm³/mol. The third kappa shape index (κ3) is 15.8. The number of para-hydroxylation sites is 1. The molecule has 1 aliphatic heterocycles. The number of H-pyrrole nitrogens is 1. The first-order valence-electron chi connectivity index (χ1n) is 22.4. The van der Waals surface area contributed by atoms with Crippen LogP contribution in [0.2, 0.25) is 0 Å². The van der Waals surface area contributed by atoms with Gasteiger partial charge in [-0.05, 0) is 54.4 Å². The van der Waals surface area contributed by atoms with E-state index in [2.05, 4.69) is 42.2 Å². The van der Waals surface area contributed by atoms with Crippen molar-refractivity contribution in [3.63, 3.8) is 0 Å². The zero-order valence-electron chi connectivity index (χ0n) is 37.6. The lowest BCUT2D eigenvalue weighted by Crippen LogP contribution is -2.59. The van der Waals surface area contributed by atoms with Crippen LogP contribution in [0.3, 0.4) is 0 Å². The number of carbonyl (C=O) groups excluding carboxylic acids is 8. The number of rotatable bonds is 13. The summed E-state index contributed by atoms with van der Waals surface area (Å²) in [6.07, 6.45) is 2.30. The van der Waals surface area contributed by atoms with Crippen LogP contribution in [-0.2, 0) is 57.6 Å². The molecule has 0 spiro atoms. The molecular formula is C48H59N9O10. The highest BCUT2D eigenvalue weighted by atomic mass is 16.4. The molecule has 19 nitrogen and oxygen atoms in total. The van der Waals surface area contributed by atoms with Crippen LogP contribution in [-0.4, -0.2) is 119 Å². The third-order valence-electron chi connectivity index (χ3n) is 11.3. The molecule has 2 heterocycles. The minimum atomic E-state index is -1.62. The number of hydrogen-bond acceptors (Lipinski definition) is 9. The molecule has 4 unspecified atom stereocenters. The van der Waals surface area contributed by atoms with E-state index in [1.807, 2.05) is 61.5 Å². The van der Waals surface area contributed by atoms with Gasteiger partial charge in [0.1, 0.15) is 24.2 Å². The van der Waals surface area contributed by atoms with E-state index in [-0.39, 0.29) is 51.1 Å². The van der Waals surface area contributed by atoms with Crippen LogP contribution in [0, 0.1) is 5.92 Å². The second kappa shape index (κ2) is 25.2. The number of aliphatic carboxylic acids is 1. The number of carboxylic acid groups (broad SMARTS) is 1. The normalized spacial score (nSPS) is 20.1. The van der Waals surface area contributed by atoms with E-state index in [9.17, 15) is 48.3 Å². The van der Waals surface area contributed by atoms with Crippen LogP contribution in [0.15, 0.2) is 91.1 Å². The van der Waals surface area contributed by atoms with Crippen LogP contribution in [0.5, 0.6) is 0 Å². The van der Waals surface area contributed by atoms with Gasteiger partial charge in [0.25, 0.3) is 5.91 Å². The molecule has 9 amide bonds. The lowest BCUT2D eigenvalue weighted by atomic mass is 9.96. The average molecular weight is 922 g/mol. The SMILES string of the molecule is CCC(Cc1ccccc1)CN1C(=O)NC(Cc2ccccc2)C(=O)NCC(=O)N[C@@H](Cc2c[nH]c3ccccc23)C(=O)NC(C(=O)O)CCCCNC(=O)CC(NC(=O)CNC(C)=O)C1=O. The summed E-state index contributed by atoms with van der Waals surface area (Å²) in [5, 5.41) is 28.8. The van der Waals surface area contributed by atoms with Crippen molar-refractivity contribution in [1.82, 2.24) is 47.1 Å². The molecule has 4 aromatic rings. The Morgan fingerprint density at radius 3 is 2.13 bits per heavy atom. The van der Waals surface area contributed by atoms with Crippen LogP contribution < -0.4 is 37.2 Å². The highest BCUT2D eigenvalue weighted by Gasteiger charge is 2.36. The van der Waals surface area contributed by atoms with Crippen LogP contribution in [0.4, 0.5) is 4.79 Å². The largest absolute Gasteiger partial charge is 0.480 e. The summed E-state index contributed by atoms with van der Waals surface area (Å²) in [6, 6.07) is 18.7. The van der Waals surface area contributed by atoms with Crippen LogP contribution in [0.25, 0.3) is 10.9 Å². The molecule has 356 valence electrons. The van der Waals surface area contributed by atoms with E-state index >= 15 is 0 Å². The first-order chi connectivity index (χ1) is 32.2. The smallest absolute Gasteiger partial charge is 0.326 e. The van der Waals surface area contributed by atoms with Crippen LogP contribution >= 0.6 is 0 Å². The summed E-state index contributed by atoms with van der Waals surface area (Å²) < 4.78 is 0. The fourth-order valence-corrected chi connectivity index (χ4v) is 7.70. The van der Waals surface area contributed by atoms with Gasteiger partial charge >= 0.3 is 12.0 Å². The van der Waals surface area contributed by atoms with Gasteiger partial charge in [-0.25, -0.2) is 9.59 Å². The van der Waals surface area contributed by atoms with Crippen molar-refractivity contribution in [2.75, 3.05) is 26.2 Å². The fourth-order valence-electron chi connectivity index (χ4n) is 7.70. The van der Waals surface area contributed by atoms with E-state index in [1.54, 1.807) is 36.5 Å². The Hall–Kier alpha value is -7.57. The molecule has 5 rings (SSSR count). The van der Waals surface area contributed by atoms with Gasteiger partial charge in [0.15, 0.2) is 0 Å². The van der Waals surface area contributed by atoms with Gasteiger partial charge in [-0.15, -0.1) is 0 Å². The number of aromatic amines is 1. The number of carboxylic acids is 1. The predicted octanol–water partition coefficient (Wildman–Crippen LogP) is 1.61. The Labute approximate surface area is 388 Å². The molecule has 0 radical (unpaired) electrons. The molecule has 1 fully saturated rings. The first-order valence-corrected chi connectivity index (χ1v) is 22.4. The number of carbonyl (C=O) groups is 9. The van der Waals surface area contributed by atoms with Gasteiger partial charge in [-0.2, -0.15) is 0 Å². The highest BCUT2D eigenvalue weighted by molar-refractivity contribution is 6.02. The Morgan fingerprint density at radius 1 is 0.776 bits per heavy atom. The van der Waals surface area contributed by atoms with Crippen molar-refractivity contribution in [1.29, 1.82) is 0 Å². The maximum Gasteiger partial charge on any atom is 0.326 e. The second-order valence-corrected chi connectivity index (χ2v) is 16.5. The molecule has 5 atom stereocenters. The van der Waals surface area contributed by atoms with Crippen molar-refractivity contribution in [3.05, 3.63) is 108 Å². The summed E-state index contributed by atoms with van der Waals surface area (Å²) in [5.74, 6) is -7.02. The quantitative estimate of drug-likeness (QED) is 0.0935. The van der Waals surface area contributed by atoms with Crippen molar-refractivity contribution in [2.24, 2.45) is 5.92 Å².